The van der Waals surface area contributed by atoms with Gasteiger partial charge >= 0.3 is 12.1 Å². The van der Waals surface area contributed by atoms with E-state index in [4.69, 9.17) is 9.47 Å². The SMILES string of the molecule is COC(=O)[C@@H]1[C@H]2C[C@H]3c4[nH]c5ccccc5c4CCN3C[C@@H]2CC[C@@H]1OC(F)(F)C#C[Si](C(C)C)(C(C)C)C(C)C. The van der Waals surface area contributed by atoms with Crippen LogP contribution in [-0.2, 0) is 20.7 Å². The van der Waals surface area contributed by atoms with E-state index >= 15 is 8.78 Å². The summed E-state index contributed by atoms with van der Waals surface area (Å²) in [6.45, 7) is 14.4. The van der Waals surface area contributed by atoms with Gasteiger partial charge in [0.15, 0.2) is 0 Å². The highest BCUT2D eigenvalue weighted by Crippen LogP contribution is 2.50. The molecule has 0 bridgehead atoms. The lowest BCUT2D eigenvalue weighted by Gasteiger charge is -2.51. The van der Waals surface area contributed by atoms with E-state index in [0.29, 0.717) is 12.8 Å². The van der Waals surface area contributed by atoms with Crippen LogP contribution in [0.3, 0.4) is 0 Å². The molecule has 3 heterocycles. The zero-order valence-corrected chi connectivity index (χ0v) is 26.6. The van der Waals surface area contributed by atoms with Crippen LogP contribution in [0.15, 0.2) is 24.3 Å². The van der Waals surface area contributed by atoms with E-state index in [1.54, 1.807) is 0 Å². The fraction of sp³-hybridized carbons (Fsp3) is 0.667. The van der Waals surface area contributed by atoms with E-state index in [2.05, 4.69) is 81.1 Å². The molecule has 1 aromatic carbocycles. The molecule has 41 heavy (non-hydrogen) atoms. The summed E-state index contributed by atoms with van der Waals surface area (Å²) in [5, 5.41) is 1.25. The van der Waals surface area contributed by atoms with E-state index in [9.17, 15) is 4.79 Å². The smallest absolute Gasteiger partial charge is 0.422 e. The van der Waals surface area contributed by atoms with Gasteiger partial charge < -0.3 is 14.5 Å². The van der Waals surface area contributed by atoms with Crippen molar-refractivity contribution in [3.8, 4) is 11.5 Å². The van der Waals surface area contributed by atoms with Gasteiger partial charge in [0.05, 0.1) is 25.2 Å². The number of H-pyrrole nitrogens is 1. The topological polar surface area (TPSA) is 54.6 Å². The maximum Gasteiger partial charge on any atom is 0.422 e. The Labute approximate surface area is 244 Å². The number of piperidine rings is 1. The lowest BCUT2D eigenvalue weighted by molar-refractivity contribution is -0.247. The maximum atomic E-state index is 15.5. The first-order chi connectivity index (χ1) is 19.4. The Bertz CT molecular complexity index is 1300. The van der Waals surface area contributed by atoms with Gasteiger partial charge in [-0.05, 0) is 71.7 Å². The highest BCUT2D eigenvalue weighted by atomic mass is 28.3. The third-order valence-electron chi connectivity index (χ3n) is 10.6. The summed E-state index contributed by atoms with van der Waals surface area (Å²) < 4.78 is 41.9. The van der Waals surface area contributed by atoms with Crippen molar-refractivity contribution in [2.75, 3.05) is 20.2 Å². The van der Waals surface area contributed by atoms with Crippen molar-refractivity contribution in [3.05, 3.63) is 35.5 Å². The number of nitrogens with zero attached hydrogens (tertiary/aromatic N) is 1. The molecule has 2 aromatic rings. The fourth-order valence-electron chi connectivity index (χ4n) is 8.75. The number of ether oxygens (including phenoxy) is 2. The van der Waals surface area contributed by atoms with E-state index < -0.39 is 32.2 Å². The Balaban J connectivity index is 1.42. The Morgan fingerprint density at radius 3 is 2.44 bits per heavy atom. The number of hydrogen-bond acceptors (Lipinski definition) is 4. The van der Waals surface area contributed by atoms with Crippen LogP contribution in [0.1, 0.15) is 78.1 Å². The molecule has 8 heteroatoms. The van der Waals surface area contributed by atoms with Crippen LogP contribution in [0.2, 0.25) is 16.6 Å². The Morgan fingerprint density at radius 2 is 1.78 bits per heavy atom. The number of hydrogen-bond donors (Lipinski definition) is 1. The molecule has 224 valence electrons. The molecule has 1 aliphatic carbocycles. The number of esters is 1. The number of methoxy groups -OCH3 is 1. The van der Waals surface area contributed by atoms with Crippen LogP contribution >= 0.6 is 0 Å². The molecule has 1 saturated heterocycles. The van der Waals surface area contributed by atoms with Gasteiger partial charge in [0, 0.05) is 29.7 Å². The first-order valence-corrected chi connectivity index (χ1v) is 17.6. The monoisotopic (exact) mass is 584 g/mol. The molecule has 5 rings (SSSR count). The number of rotatable bonds is 6. The zero-order valence-electron chi connectivity index (χ0n) is 25.6. The van der Waals surface area contributed by atoms with Gasteiger partial charge in [0.25, 0.3) is 0 Å². The molecule has 1 N–H and O–H groups in total. The Morgan fingerprint density at radius 1 is 1.10 bits per heavy atom. The molecule has 3 aliphatic rings. The van der Waals surface area contributed by atoms with Crippen LogP contribution in [-0.4, -0.2) is 56.3 Å². The Hall–Kier alpha value is -2.21. The van der Waals surface area contributed by atoms with Crippen molar-refractivity contribution < 1.29 is 23.0 Å². The minimum Gasteiger partial charge on any atom is -0.469 e. The second-order valence-electron chi connectivity index (χ2n) is 13.4. The number of aromatic amines is 1. The minimum atomic E-state index is -3.63. The molecule has 0 amide bonds. The highest BCUT2D eigenvalue weighted by Gasteiger charge is 2.52. The molecular formula is C33H46F2N2O3Si. The molecule has 0 radical (unpaired) electrons. The molecule has 1 aromatic heterocycles. The number of alkyl halides is 2. The van der Waals surface area contributed by atoms with Gasteiger partial charge in [-0.3, -0.25) is 9.69 Å². The summed E-state index contributed by atoms with van der Waals surface area (Å²) >= 11 is 0. The van der Waals surface area contributed by atoms with Gasteiger partial charge in [0.1, 0.15) is 8.07 Å². The van der Waals surface area contributed by atoms with E-state index in [0.717, 1.165) is 31.4 Å². The first kappa shape index (κ1) is 30.3. The van der Waals surface area contributed by atoms with Crippen LogP contribution < -0.4 is 0 Å². The number of benzene rings is 1. The van der Waals surface area contributed by atoms with Crippen molar-refractivity contribution in [1.29, 1.82) is 0 Å². The highest BCUT2D eigenvalue weighted by molar-refractivity contribution is 6.90. The van der Waals surface area contributed by atoms with Gasteiger partial charge in [0.2, 0.25) is 0 Å². The molecule has 5 nitrogen and oxygen atoms in total. The number of carbonyl (C=O) groups excluding carboxylic acids is 1. The predicted octanol–water partition coefficient (Wildman–Crippen LogP) is 7.49. The lowest BCUT2D eigenvalue weighted by Crippen LogP contribution is -2.54. The van der Waals surface area contributed by atoms with Crippen LogP contribution in [0.25, 0.3) is 10.9 Å². The Kier molecular flexibility index (Phi) is 8.46. The van der Waals surface area contributed by atoms with Crippen molar-refractivity contribution in [2.24, 2.45) is 17.8 Å². The summed E-state index contributed by atoms with van der Waals surface area (Å²) in [5.74, 6) is 1.25. The van der Waals surface area contributed by atoms with Crippen LogP contribution in [0.5, 0.6) is 0 Å². The summed E-state index contributed by atoms with van der Waals surface area (Å²) in [6.07, 6.45) is -1.72. The number of halogens is 2. The normalized spacial score (nSPS) is 26.9. The van der Waals surface area contributed by atoms with Crippen molar-refractivity contribution in [1.82, 2.24) is 9.88 Å². The number of nitrogens with one attached hydrogen (secondary N) is 1. The number of carbonyl (C=O) groups is 1. The van der Waals surface area contributed by atoms with Crippen molar-refractivity contribution >= 4 is 24.9 Å². The molecule has 2 fully saturated rings. The van der Waals surface area contributed by atoms with Crippen molar-refractivity contribution in [2.45, 2.75) is 102 Å². The zero-order chi connectivity index (χ0) is 29.7. The summed E-state index contributed by atoms with van der Waals surface area (Å²) in [4.78, 5) is 19.4. The second-order valence-corrected chi connectivity index (χ2v) is 19.0. The van der Waals surface area contributed by atoms with Crippen molar-refractivity contribution in [3.63, 3.8) is 0 Å². The van der Waals surface area contributed by atoms with E-state index in [1.807, 2.05) is 6.07 Å². The molecule has 0 unspecified atom stereocenters. The second kappa shape index (κ2) is 11.5. The molecule has 2 aliphatic heterocycles. The summed E-state index contributed by atoms with van der Waals surface area (Å²) in [7, 11) is -1.02. The average molecular weight is 585 g/mol. The van der Waals surface area contributed by atoms with Crippen LogP contribution in [0, 0.1) is 29.2 Å². The maximum absolute atomic E-state index is 15.5. The van der Waals surface area contributed by atoms with Crippen LogP contribution in [0.4, 0.5) is 8.78 Å². The molecule has 5 atom stereocenters. The fourth-order valence-corrected chi connectivity index (χ4v) is 14.0. The number of para-hydroxylation sites is 1. The third-order valence-corrected chi connectivity index (χ3v) is 16.9. The van der Waals surface area contributed by atoms with Gasteiger partial charge in [-0.25, -0.2) is 0 Å². The quantitative estimate of drug-likeness (QED) is 0.217. The molecule has 0 spiro atoms. The largest absolute Gasteiger partial charge is 0.469 e. The third kappa shape index (κ3) is 5.39. The van der Waals surface area contributed by atoms with E-state index in [1.165, 1.54) is 23.8 Å². The van der Waals surface area contributed by atoms with Gasteiger partial charge in [-0.1, -0.05) is 59.7 Å². The summed E-state index contributed by atoms with van der Waals surface area (Å²) in [5.41, 5.74) is 7.50. The standard InChI is InChI=1S/C33H46F2N2O3Si/c1-20(2)41(21(3)4,22(5)6)17-15-33(34,35)40-29-13-12-23-19-37-16-14-25-24-10-8-9-11-27(24)36-31(25)28(37)18-26(23)30(29)32(38)39-7/h8-11,20-23,26,28-30,36H,12-14,16,18-19H2,1-7H3/t23-,26-,28-,29-,30+/m0/s1. The number of aromatic nitrogens is 1. The van der Waals surface area contributed by atoms with E-state index in [-0.39, 0.29) is 34.5 Å². The predicted molar refractivity (Wildman–Crippen MR) is 161 cm³/mol. The lowest BCUT2D eigenvalue weighted by atomic mass is 9.64. The molecular weight excluding hydrogens is 538 g/mol. The molecule has 1 saturated carbocycles. The average Bonchev–Trinajstić information content (AvgIpc) is 3.30. The first-order valence-electron chi connectivity index (χ1n) is 15.4. The number of fused-ring (bicyclic) bond motifs is 6. The minimum absolute atomic E-state index is 0.0981. The van der Waals surface area contributed by atoms with Gasteiger partial charge in [-0.2, -0.15) is 8.78 Å². The summed E-state index contributed by atoms with van der Waals surface area (Å²) in [6, 6.07) is 8.48. The van der Waals surface area contributed by atoms with Gasteiger partial charge in [-0.15, -0.1) is 5.54 Å².